The van der Waals surface area contributed by atoms with Crippen LogP contribution in [0.2, 0.25) is 0 Å². The fourth-order valence-electron chi connectivity index (χ4n) is 2.70. The molecule has 0 aliphatic carbocycles. The van der Waals surface area contributed by atoms with Crippen molar-refractivity contribution in [2.75, 3.05) is 20.1 Å². The Balaban J connectivity index is 1.83. The molecule has 2 unspecified atom stereocenters. The molecule has 21 heavy (non-hydrogen) atoms. The Labute approximate surface area is 125 Å². The molecular formula is C16H24FN3O. The third-order valence-electron chi connectivity index (χ3n) is 4.17. The Morgan fingerprint density at radius 2 is 2.14 bits per heavy atom. The molecule has 1 aliphatic heterocycles. The molecule has 1 aromatic rings. The van der Waals surface area contributed by atoms with Crippen LogP contribution >= 0.6 is 0 Å². The predicted octanol–water partition coefficient (Wildman–Crippen LogP) is 1.51. The van der Waals surface area contributed by atoms with Crippen molar-refractivity contribution in [3.63, 3.8) is 0 Å². The first kappa shape index (κ1) is 15.9. The van der Waals surface area contributed by atoms with Crippen LogP contribution in [0.4, 0.5) is 4.39 Å². The van der Waals surface area contributed by atoms with Crippen molar-refractivity contribution >= 4 is 5.91 Å². The van der Waals surface area contributed by atoms with Gasteiger partial charge in [-0.1, -0.05) is 12.1 Å². The highest BCUT2D eigenvalue weighted by Crippen LogP contribution is 2.13. The lowest BCUT2D eigenvalue weighted by Crippen LogP contribution is -2.52. The minimum Gasteiger partial charge on any atom is -0.351 e. The Morgan fingerprint density at radius 1 is 1.43 bits per heavy atom. The normalized spacial score (nSPS) is 21.0. The van der Waals surface area contributed by atoms with E-state index in [9.17, 15) is 9.18 Å². The van der Waals surface area contributed by atoms with Gasteiger partial charge >= 0.3 is 0 Å². The van der Waals surface area contributed by atoms with E-state index in [4.69, 9.17) is 0 Å². The number of nitrogens with one attached hydrogen (secondary N) is 2. The molecule has 1 saturated heterocycles. The van der Waals surface area contributed by atoms with Gasteiger partial charge in [-0.2, -0.15) is 0 Å². The van der Waals surface area contributed by atoms with E-state index < -0.39 is 0 Å². The monoisotopic (exact) mass is 293 g/mol. The van der Waals surface area contributed by atoms with Crippen LogP contribution in [0.1, 0.15) is 25.3 Å². The van der Waals surface area contributed by atoms with E-state index in [1.165, 1.54) is 12.1 Å². The molecule has 2 atom stereocenters. The molecule has 1 aromatic carbocycles. The van der Waals surface area contributed by atoms with Crippen molar-refractivity contribution < 1.29 is 9.18 Å². The summed E-state index contributed by atoms with van der Waals surface area (Å²) in [5, 5.41) is 6.21. The summed E-state index contributed by atoms with van der Waals surface area (Å²) < 4.78 is 12.8. The van der Waals surface area contributed by atoms with E-state index in [0.717, 1.165) is 31.5 Å². The van der Waals surface area contributed by atoms with Gasteiger partial charge in [-0.25, -0.2) is 4.39 Å². The number of rotatable bonds is 5. The lowest BCUT2D eigenvalue weighted by atomic mass is 10.0. The van der Waals surface area contributed by atoms with Gasteiger partial charge in [0.1, 0.15) is 5.82 Å². The lowest BCUT2D eigenvalue weighted by Gasteiger charge is -2.35. The van der Waals surface area contributed by atoms with Gasteiger partial charge in [-0.3, -0.25) is 9.69 Å². The third kappa shape index (κ3) is 4.51. The molecule has 0 radical (unpaired) electrons. The van der Waals surface area contributed by atoms with Gasteiger partial charge in [0, 0.05) is 19.1 Å². The van der Waals surface area contributed by atoms with Crippen LogP contribution in [0, 0.1) is 5.82 Å². The van der Waals surface area contributed by atoms with Crippen molar-refractivity contribution in [2.24, 2.45) is 0 Å². The van der Waals surface area contributed by atoms with E-state index >= 15 is 0 Å². The Morgan fingerprint density at radius 3 is 2.81 bits per heavy atom. The van der Waals surface area contributed by atoms with Crippen LogP contribution in [0.5, 0.6) is 0 Å². The van der Waals surface area contributed by atoms with E-state index in [1.54, 1.807) is 12.1 Å². The quantitative estimate of drug-likeness (QED) is 0.865. The van der Waals surface area contributed by atoms with Crippen LogP contribution in [-0.2, 0) is 11.3 Å². The number of carbonyl (C=O) groups excluding carboxylic acids is 1. The van der Waals surface area contributed by atoms with Gasteiger partial charge < -0.3 is 10.6 Å². The van der Waals surface area contributed by atoms with Crippen molar-refractivity contribution in [2.45, 2.75) is 38.4 Å². The van der Waals surface area contributed by atoms with E-state index in [2.05, 4.69) is 15.5 Å². The first-order chi connectivity index (χ1) is 10.1. The van der Waals surface area contributed by atoms with Gasteiger partial charge in [-0.05, 0) is 51.1 Å². The smallest absolute Gasteiger partial charge is 0.237 e. The Bertz CT molecular complexity index is 463. The molecule has 2 rings (SSSR count). The number of likely N-dealkylation sites (tertiary alicyclic amines) is 1. The van der Waals surface area contributed by atoms with Gasteiger partial charge in [-0.15, -0.1) is 0 Å². The fourth-order valence-corrected chi connectivity index (χ4v) is 2.70. The van der Waals surface area contributed by atoms with E-state index in [0.29, 0.717) is 12.6 Å². The summed E-state index contributed by atoms with van der Waals surface area (Å²) in [6, 6.07) is 6.53. The molecule has 0 bridgehead atoms. The number of piperidine rings is 1. The summed E-state index contributed by atoms with van der Waals surface area (Å²) in [5.74, 6) is -0.235. The molecule has 5 heteroatoms. The molecule has 116 valence electrons. The average Bonchev–Trinajstić information content (AvgIpc) is 2.53. The number of carbonyl (C=O) groups is 1. The maximum atomic E-state index is 12.8. The summed E-state index contributed by atoms with van der Waals surface area (Å²) in [5.41, 5.74) is 0.906. The second-order valence-electron chi connectivity index (χ2n) is 5.64. The zero-order valence-electron chi connectivity index (χ0n) is 12.7. The topological polar surface area (TPSA) is 44.4 Å². The largest absolute Gasteiger partial charge is 0.351 e. The standard InChI is InChI=1S/C16H24FN3O/c1-12(20-9-3-4-15(11-20)18-2)16(21)19-10-13-5-7-14(17)8-6-13/h5-8,12,15,18H,3-4,9-11H2,1-2H3,(H,19,21). The molecule has 4 nitrogen and oxygen atoms in total. The predicted molar refractivity (Wildman–Crippen MR) is 81.4 cm³/mol. The van der Waals surface area contributed by atoms with Crippen molar-refractivity contribution in [3.05, 3.63) is 35.6 Å². The first-order valence-corrected chi connectivity index (χ1v) is 7.53. The molecule has 1 fully saturated rings. The zero-order valence-corrected chi connectivity index (χ0v) is 12.7. The molecule has 1 amide bonds. The fraction of sp³-hybridized carbons (Fsp3) is 0.562. The zero-order chi connectivity index (χ0) is 15.2. The molecule has 0 saturated carbocycles. The number of nitrogens with zero attached hydrogens (tertiary/aromatic N) is 1. The first-order valence-electron chi connectivity index (χ1n) is 7.53. The minimum absolute atomic E-state index is 0.0241. The second kappa shape index (κ2) is 7.52. The number of hydrogen-bond donors (Lipinski definition) is 2. The van der Waals surface area contributed by atoms with Gasteiger partial charge in [0.05, 0.1) is 6.04 Å². The molecule has 1 aliphatic rings. The number of likely N-dealkylation sites (N-methyl/N-ethyl adjacent to an activating group) is 1. The number of halogens is 1. The summed E-state index contributed by atoms with van der Waals surface area (Å²) in [7, 11) is 1.97. The molecule has 1 heterocycles. The van der Waals surface area contributed by atoms with Crippen molar-refractivity contribution in [3.8, 4) is 0 Å². The summed E-state index contributed by atoms with van der Waals surface area (Å²) in [6.07, 6.45) is 2.28. The van der Waals surface area contributed by atoms with Crippen LogP contribution in [0.3, 0.4) is 0 Å². The summed E-state index contributed by atoms with van der Waals surface area (Å²) in [4.78, 5) is 14.4. The van der Waals surface area contributed by atoms with Crippen molar-refractivity contribution in [1.29, 1.82) is 0 Å². The van der Waals surface area contributed by atoms with E-state index in [1.807, 2.05) is 14.0 Å². The van der Waals surface area contributed by atoms with Crippen LogP contribution in [0.25, 0.3) is 0 Å². The highest BCUT2D eigenvalue weighted by molar-refractivity contribution is 5.81. The minimum atomic E-state index is -0.259. The maximum Gasteiger partial charge on any atom is 0.237 e. The van der Waals surface area contributed by atoms with Crippen LogP contribution < -0.4 is 10.6 Å². The molecular weight excluding hydrogens is 269 g/mol. The van der Waals surface area contributed by atoms with Gasteiger partial charge in [0.2, 0.25) is 5.91 Å². The van der Waals surface area contributed by atoms with E-state index in [-0.39, 0.29) is 17.8 Å². The maximum absolute atomic E-state index is 12.8. The molecule has 2 N–H and O–H groups in total. The summed E-state index contributed by atoms with van der Waals surface area (Å²) in [6.45, 7) is 4.25. The number of benzene rings is 1. The molecule has 0 spiro atoms. The van der Waals surface area contributed by atoms with Gasteiger partial charge in [0.25, 0.3) is 0 Å². The van der Waals surface area contributed by atoms with Crippen molar-refractivity contribution in [1.82, 2.24) is 15.5 Å². The SMILES string of the molecule is CNC1CCCN(C(C)C(=O)NCc2ccc(F)cc2)C1. The van der Waals surface area contributed by atoms with Crippen LogP contribution in [-0.4, -0.2) is 43.0 Å². The Kier molecular flexibility index (Phi) is 5.70. The lowest BCUT2D eigenvalue weighted by molar-refractivity contribution is -0.126. The summed E-state index contributed by atoms with van der Waals surface area (Å²) >= 11 is 0. The highest BCUT2D eigenvalue weighted by Gasteiger charge is 2.26. The highest BCUT2D eigenvalue weighted by atomic mass is 19.1. The second-order valence-corrected chi connectivity index (χ2v) is 5.64. The molecule has 0 aromatic heterocycles. The third-order valence-corrected chi connectivity index (χ3v) is 4.17. The Hall–Kier alpha value is -1.46. The van der Waals surface area contributed by atoms with Gasteiger partial charge in [0.15, 0.2) is 0 Å². The van der Waals surface area contributed by atoms with Crippen LogP contribution in [0.15, 0.2) is 24.3 Å². The number of amides is 1. The number of hydrogen-bond acceptors (Lipinski definition) is 3. The average molecular weight is 293 g/mol.